The number of unbranched alkanes of at least 4 members (excludes halogenated alkanes) is 1. The average Bonchev–Trinajstić information content (AvgIpc) is 2.12. The molecule has 0 saturated heterocycles. The van der Waals surface area contributed by atoms with Gasteiger partial charge in [-0.25, -0.2) is 0 Å². The molecule has 0 aliphatic heterocycles. The van der Waals surface area contributed by atoms with Crippen molar-refractivity contribution in [3.63, 3.8) is 0 Å². The largest absolute Gasteiger partial charge is 0.353 e. The normalized spacial score (nSPS) is 22.7. The van der Waals surface area contributed by atoms with E-state index < -0.39 is 0 Å². The van der Waals surface area contributed by atoms with Gasteiger partial charge in [-0.1, -0.05) is 43.6 Å². The van der Waals surface area contributed by atoms with E-state index in [1.165, 1.54) is 6.42 Å². The van der Waals surface area contributed by atoms with Crippen LogP contribution in [0.15, 0.2) is 0 Å². The first-order valence-corrected chi connectivity index (χ1v) is 8.22. The minimum absolute atomic E-state index is 0.231. The molecule has 1 amide bonds. The molecule has 1 fully saturated rings. The van der Waals surface area contributed by atoms with Gasteiger partial charge < -0.3 is 5.32 Å². The fourth-order valence-electron chi connectivity index (χ4n) is 3.63. The minimum atomic E-state index is 0.231. The average molecular weight is 318 g/mol. The summed E-state index contributed by atoms with van der Waals surface area (Å²) in [5, 5.41) is 4.22. The Labute approximate surface area is 120 Å². The molecule has 0 aromatic heterocycles. The van der Waals surface area contributed by atoms with E-state index in [0.29, 0.717) is 23.3 Å². The van der Waals surface area contributed by atoms with E-state index in [4.69, 9.17) is 0 Å². The van der Waals surface area contributed by atoms with Crippen molar-refractivity contribution in [2.24, 2.45) is 10.8 Å². The van der Waals surface area contributed by atoms with Crippen LogP contribution in [0.3, 0.4) is 0 Å². The summed E-state index contributed by atoms with van der Waals surface area (Å²) in [4.78, 5) is 11.9. The number of halogens is 1. The third-order valence-corrected chi connectivity index (χ3v) is 4.27. The lowest BCUT2D eigenvalue weighted by Gasteiger charge is -2.45. The van der Waals surface area contributed by atoms with E-state index in [1.54, 1.807) is 0 Å². The third-order valence-electron chi connectivity index (χ3n) is 3.71. The van der Waals surface area contributed by atoms with Crippen LogP contribution in [0.4, 0.5) is 0 Å². The Morgan fingerprint density at radius 2 is 1.72 bits per heavy atom. The number of nitrogens with one attached hydrogen (secondary N) is 1. The van der Waals surface area contributed by atoms with E-state index in [1.807, 2.05) is 0 Å². The van der Waals surface area contributed by atoms with Crippen LogP contribution >= 0.6 is 15.9 Å². The summed E-state index contributed by atoms with van der Waals surface area (Å²) in [5.41, 5.74) is 0.686. The van der Waals surface area contributed by atoms with Crippen molar-refractivity contribution in [3.05, 3.63) is 0 Å². The molecular weight excluding hydrogens is 290 g/mol. The van der Waals surface area contributed by atoms with Gasteiger partial charge in [0.2, 0.25) is 5.91 Å². The number of amides is 1. The molecular formula is C15H28BrNO. The van der Waals surface area contributed by atoms with Crippen molar-refractivity contribution in [2.45, 2.75) is 72.3 Å². The van der Waals surface area contributed by atoms with Crippen LogP contribution < -0.4 is 5.32 Å². The van der Waals surface area contributed by atoms with Crippen LogP contribution in [0.25, 0.3) is 0 Å². The van der Waals surface area contributed by atoms with Crippen LogP contribution in [-0.2, 0) is 4.79 Å². The molecule has 1 aliphatic carbocycles. The maximum atomic E-state index is 11.9. The van der Waals surface area contributed by atoms with Crippen LogP contribution in [0.1, 0.15) is 66.2 Å². The van der Waals surface area contributed by atoms with Gasteiger partial charge in [0.05, 0.1) is 0 Å². The molecule has 0 aromatic rings. The molecule has 1 rings (SSSR count). The number of hydrogen-bond acceptors (Lipinski definition) is 1. The van der Waals surface area contributed by atoms with Crippen molar-refractivity contribution in [3.8, 4) is 0 Å². The molecule has 0 atom stereocenters. The van der Waals surface area contributed by atoms with Gasteiger partial charge in [0.25, 0.3) is 0 Å². The molecule has 1 aliphatic rings. The van der Waals surface area contributed by atoms with Crippen molar-refractivity contribution in [2.75, 3.05) is 5.33 Å². The number of rotatable bonds is 5. The predicted octanol–water partition coefficient (Wildman–Crippen LogP) is 4.27. The lowest BCUT2D eigenvalue weighted by atomic mass is 9.63. The van der Waals surface area contributed by atoms with Gasteiger partial charge in [-0.15, -0.1) is 0 Å². The first-order valence-electron chi connectivity index (χ1n) is 7.09. The molecule has 1 saturated carbocycles. The second-order valence-corrected chi connectivity index (χ2v) is 8.12. The first kappa shape index (κ1) is 16.0. The quantitative estimate of drug-likeness (QED) is 0.595. The molecule has 0 radical (unpaired) electrons. The highest BCUT2D eigenvalue weighted by Crippen LogP contribution is 2.45. The molecule has 0 heterocycles. The number of alkyl halides is 1. The Hall–Kier alpha value is -0.0500. The Morgan fingerprint density at radius 3 is 2.22 bits per heavy atom. The first-order chi connectivity index (χ1) is 8.24. The zero-order valence-electron chi connectivity index (χ0n) is 12.3. The maximum Gasteiger partial charge on any atom is 0.220 e. The Morgan fingerprint density at radius 1 is 1.17 bits per heavy atom. The molecule has 106 valence electrons. The van der Waals surface area contributed by atoms with Crippen molar-refractivity contribution >= 4 is 21.8 Å². The summed E-state index contributed by atoms with van der Waals surface area (Å²) in [6.45, 7) is 9.27. The minimum Gasteiger partial charge on any atom is -0.353 e. The van der Waals surface area contributed by atoms with Crippen LogP contribution in [0.2, 0.25) is 0 Å². The molecule has 0 aromatic carbocycles. The molecule has 2 nitrogen and oxygen atoms in total. The SMILES string of the molecule is CC1(C)CC(NC(=O)CCCCBr)CC(C)(C)C1. The van der Waals surface area contributed by atoms with Crippen LogP contribution in [0.5, 0.6) is 0 Å². The smallest absolute Gasteiger partial charge is 0.220 e. The highest BCUT2D eigenvalue weighted by Gasteiger charge is 2.38. The number of carbonyl (C=O) groups excluding carboxylic acids is 1. The van der Waals surface area contributed by atoms with Gasteiger partial charge in [-0.3, -0.25) is 4.79 Å². The summed E-state index contributed by atoms with van der Waals surface area (Å²) in [7, 11) is 0. The second-order valence-electron chi connectivity index (χ2n) is 7.32. The summed E-state index contributed by atoms with van der Waals surface area (Å²) < 4.78 is 0. The standard InChI is InChI=1S/C15H28BrNO/c1-14(2)9-12(10-15(3,4)11-14)17-13(18)7-5-6-8-16/h12H,5-11H2,1-4H3,(H,17,18). The van der Waals surface area contributed by atoms with Crippen LogP contribution in [0, 0.1) is 10.8 Å². The van der Waals surface area contributed by atoms with Gasteiger partial charge in [0.15, 0.2) is 0 Å². The molecule has 18 heavy (non-hydrogen) atoms. The summed E-state index contributed by atoms with van der Waals surface area (Å²) in [6, 6.07) is 0.361. The van der Waals surface area contributed by atoms with Gasteiger partial charge in [0.1, 0.15) is 0 Å². The van der Waals surface area contributed by atoms with E-state index in [0.717, 1.165) is 31.0 Å². The fourth-order valence-corrected chi connectivity index (χ4v) is 4.02. The molecule has 0 bridgehead atoms. The van der Waals surface area contributed by atoms with Crippen molar-refractivity contribution in [1.82, 2.24) is 5.32 Å². The van der Waals surface area contributed by atoms with E-state index in [2.05, 4.69) is 48.9 Å². The van der Waals surface area contributed by atoms with Gasteiger partial charge in [-0.05, 0) is 42.9 Å². The molecule has 0 spiro atoms. The maximum absolute atomic E-state index is 11.9. The Kier molecular flexibility index (Phi) is 5.69. The lowest BCUT2D eigenvalue weighted by molar-refractivity contribution is -0.122. The number of hydrogen-bond donors (Lipinski definition) is 1. The highest BCUT2D eigenvalue weighted by atomic mass is 79.9. The van der Waals surface area contributed by atoms with Gasteiger partial charge in [0, 0.05) is 17.8 Å². The van der Waals surface area contributed by atoms with Crippen molar-refractivity contribution in [1.29, 1.82) is 0 Å². The highest BCUT2D eigenvalue weighted by molar-refractivity contribution is 9.09. The summed E-state index contributed by atoms with van der Waals surface area (Å²) in [6.07, 6.45) is 6.20. The zero-order chi connectivity index (χ0) is 13.8. The molecule has 3 heteroatoms. The summed E-state index contributed by atoms with van der Waals surface area (Å²) in [5.74, 6) is 0.231. The fraction of sp³-hybridized carbons (Fsp3) is 0.933. The van der Waals surface area contributed by atoms with Gasteiger partial charge in [-0.2, -0.15) is 0 Å². The van der Waals surface area contributed by atoms with E-state index >= 15 is 0 Å². The topological polar surface area (TPSA) is 29.1 Å². The monoisotopic (exact) mass is 317 g/mol. The molecule has 0 unspecified atom stereocenters. The van der Waals surface area contributed by atoms with Crippen LogP contribution in [-0.4, -0.2) is 17.3 Å². The van der Waals surface area contributed by atoms with E-state index in [9.17, 15) is 4.79 Å². The third kappa shape index (κ3) is 5.73. The number of carbonyl (C=O) groups is 1. The molecule has 1 N–H and O–H groups in total. The summed E-state index contributed by atoms with van der Waals surface area (Å²) >= 11 is 3.40. The van der Waals surface area contributed by atoms with E-state index in [-0.39, 0.29) is 5.91 Å². The van der Waals surface area contributed by atoms with Gasteiger partial charge >= 0.3 is 0 Å². The predicted molar refractivity (Wildman–Crippen MR) is 81.0 cm³/mol. The second kappa shape index (κ2) is 6.40. The zero-order valence-corrected chi connectivity index (χ0v) is 13.9. The lowest BCUT2D eigenvalue weighted by Crippen LogP contribution is -2.45. The Balaban J connectivity index is 2.44. The Bertz CT molecular complexity index is 270. The van der Waals surface area contributed by atoms with Crippen molar-refractivity contribution < 1.29 is 4.79 Å².